The summed E-state index contributed by atoms with van der Waals surface area (Å²) in [5, 5.41) is 12.9. The molecule has 0 saturated heterocycles. The van der Waals surface area contributed by atoms with E-state index in [9.17, 15) is 4.79 Å². The zero-order chi connectivity index (χ0) is 34.6. The Morgan fingerprint density at radius 2 is 1.78 bits per heavy atom. The molecule has 0 aliphatic carbocycles. The van der Waals surface area contributed by atoms with Gasteiger partial charge in [-0.2, -0.15) is 0 Å². The summed E-state index contributed by atoms with van der Waals surface area (Å²) in [4.78, 5) is 22.7. The van der Waals surface area contributed by atoms with Crippen LogP contribution < -0.4 is 25.1 Å². The number of nitrogens with one attached hydrogen (secondary N) is 2. The minimum absolute atomic E-state index is 0.0380. The van der Waals surface area contributed by atoms with Crippen molar-refractivity contribution in [2.75, 3.05) is 27.4 Å². The summed E-state index contributed by atoms with van der Waals surface area (Å²) < 4.78 is 24.1. The summed E-state index contributed by atoms with van der Waals surface area (Å²) in [6, 6.07) is 27.8. The van der Waals surface area contributed by atoms with Crippen LogP contribution in [-0.4, -0.2) is 49.9 Å². The van der Waals surface area contributed by atoms with Crippen molar-refractivity contribution in [2.45, 2.75) is 37.6 Å². The van der Waals surface area contributed by atoms with Crippen LogP contribution in [0.2, 0.25) is 0 Å². The fourth-order valence-electron chi connectivity index (χ4n) is 5.54. The molecule has 3 N–H and O–H groups in total. The Kier molecular flexibility index (Phi) is 12.1. The predicted octanol–water partition coefficient (Wildman–Crippen LogP) is 6.36. The van der Waals surface area contributed by atoms with E-state index in [0.29, 0.717) is 47.0 Å². The maximum Gasteiger partial charge on any atom is 0.266 e. The van der Waals surface area contributed by atoms with Crippen LogP contribution in [0.5, 0.6) is 17.2 Å². The Bertz CT molecular complexity index is 1810. The number of amides is 1. The van der Waals surface area contributed by atoms with Gasteiger partial charge in [0.15, 0.2) is 11.6 Å². The van der Waals surface area contributed by atoms with E-state index in [-0.39, 0.29) is 32.0 Å². The van der Waals surface area contributed by atoms with Gasteiger partial charge in [0.1, 0.15) is 17.2 Å². The van der Waals surface area contributed by atoms with Crippen LogP contribution in [0.15, 0.2) is 106 Å². The van der Waals surface area contributed by atoms with Gasteiger partial charge in [-0.3, -0.25) is 10.2 Å². The summed E-state index contributed by atoms with van der Waals surface area (Å²) in [7, 11) is 3.15. The van der Waals surface area contributed by atoms with Gasteiger partial charge in [0, 0.05) is 52.6 Å². The molecule has 1 aliphatic rings. The maximum absolute atomic E-state index is 14.6. The number of nitrogens with zero attached hydrogens (tertiary/aromatic N) is 4. The molecule has 12 nitrogen and oxygen atoms in total. The number of halogens is 1. The molecule has 0 spiro atoms. The second kappa shape index (κ2) is 16.8. The first-order valence-electron chi connectivity index (χ1n) is 15.6. The highest BCUT2D eigenvalue weighted by Gasteiger charge is 2.54. The van der Waals surface area contributed by atoms with Crippen LogP contribution in [0.4, 0.5) is 0 Å². The van der Waals surface area contributed by atoms with Crippen molar-refractivity contribution < 1.29 is 28.8 Å². The van der Waals surface area contributed by atoms with Gasteiger partial charge in [0.25, 0.3) is 5.91 Å². The standard InChI is InChI=1S/C36H37BrN6O6/c1-46-30-17-12-27(32(20-30)47-2)23-39-42-35(45)36(21-24-8-13-28(37)14-9-24)33(31-7-4-3-6-26(31)22-40-43-38)49-34(41-36)25-10-15-29(16-11-25)48-19-5-18-44/h3-4,6-17,20,33,39,44H,5,18-19,21-23H2,1-2H3,(H,42,45)/t33-,36-/m0/s1. The van der Waals surface area contributed by atoms with Crippen LogP contribution in [0.1, 0.15) is 40.3 Å². The summed E-state index contributed by atoms with van der Waals surface area (Å²) >= 11 is 3.50. The normalized spacial score (nSPS) is 16.6. The molecule has 13 heteroatoms. The molecule has 0 fully saturated rings. The SMILES string of the molecule is COc1ccc(CNNC(=O)[C@@]2(Cc3ccc(Br)cc3)N=C(c3ccc(OCCCO)cc3)O[C@H]2c2ccccc2CN=[N+]=[N-])c(OC)c1. The number of aliphatic hydroxyl groups is 1. The zero-order valence-corrected chi connectivity index (χ0v) is 28.7. The number of benzene rings is 4. The minimum atomic E-state index is -1.50. The summed E-state index contributed by atoms with van der Waals surface area (Å²) in [5.74, 6) is 1.72. The number of rotatable bonds is 16. The first-order chi connectivity index (χ1) is 23.9. The molecule has 2 atom stereocenters. The van der Waals surface area contributed by atoms with E-state index >= 15 is 0 Å². The first-order valence-corrected chi connectivity index (χ1v) is 16.4. The topological polar surface area (TPSA) is 159 Å². The average molecular weight is 730 g/mol. The Morgan fingerprint density at radius 1 is 1.02 bits per heavy atom. The second-order valence-corrected chi connectivity index (χ2v) is 12.1. The predicted molar refractivity (Wildman–Crippen MR) is 188 cm³/mol. The summed E-state index contributed by atoms with van der Waals surface area (Å²) in [6.45, 7) is 0.729. The van der Waals surface area contributed by atoms with Crippen LogP contribution in [0.25, 0.3) is 10.4 Å². The van der Waals surface area contributed by atoms with Gasteiger partial charge in [-0.25, -0.2) is 10.4 Å². The van der Waals surface area contributed by atoms with Crippen molar-refractivity contribution >= 4 is 27.7 Å². The molecule has 49 heavy (non-hydrogen) atoms. The number of methoxy groups -OCH3 is 2. The summed E-state index contributed by atoms with van der Waals surface area (Å²) in [5.41, 5.74) is 17.3. The Hall–Kier alpha value is -5.07. The fraction of sp³-hybridized carbons (Fsp3) is 0.278. The molecule has 0 bridgehead atoms. The largest absolute Gasteiger partial charge is 0.497 e. The highest BCUT2D eigenvalue weighted by atomic mass is 79.9. The Labute approximate surface area is 292 Å². The molecule has 1 heterocycles. The van der Waals surface area contributed by atoms with Gasteiger partial charge in [-0.15, -0.1) is 0 Å². The molecule has 0 radical (unpaired) electrons. The molecule has 4 aromatic rings. The average Bonchev–Trinajstić information content (AvgIpc) is 3.52. The van der Waals surface area contributed by atoms with Crippen molar-refractivity contribution in [3.05, 3.63) is 134 Å². The molecule has 4 aromatic carbocycles. The Morgan fingerprint density at radius 3 is 2.49 bits per heavy atom. The van der Waals surface area contributed by atoms with Crippen molar-refractivity contribution in [2.24, 2.45) is 10.1 Å². The van der Waals surface area contributed by atoms with E-state index in [2.05, 4.69) is 36.8 Å². The number of ether oxygens (including phenoxy) is 4. The van der Waals surface area contributed by atoms with E-state index < -0.39 is 17.6 Å². The minimum Gasteiger partial charge on any atom is -0.497 e. The van der Waals surface area contributed by atoms with Gasteiger partial charge < -0.3 is 24.1 Å². The van der Waals surface area contributed by atoms with Gasteiger partial charge in [0.2, 0.25) is 5.90 Å². The Balaban J connectivity index is 1.55. The molecule has 254 valence electrons. The summed E-state index contributed by atoms with van der Waals surface area (Å²) in [6.07, 6.45) is -0.193. The molecular weight excluding hydrogens is 692 g/mol. The van der Waals surface area contributed by atoms with E-state index in [1.165, 1.54) is 0 Å². The quantitative estimate of drug-likeness (QED) is 0.0398. The van der Waals surface area contributed by atoms with E-state index in [0.717, 1.165) is 15.6 Å². The smallest absolute Gasteiger partial charge is 0.266 e. The fourth-order valence-corrected chi connectivity index (χ4v) is 5.80. The first kappa shape index (κ1) is 35.2. The molecule has 1 aliphatic heterocycles. The highest BCUT2D eigenvalue weighted by molar-refractivity contribution is 9.10. The van der Waals surface area contributed by atoms with Crippen molar-refractivity contribution in [1.82, 2.24) is 10.9 Å². The third-order valence-electron chi connectivity index (χ3n) is 8.03. The number of carbonyl (C=O) groups excluding carboxylic acids is 1. The van der Waals surface area contributed by atoms with E-state index in [4.69, 9.17) is 34.6 Å². The number of aliphatic hydroxyl groups excluding tert-OH is 1. The van der Waals surface area contributed by atoms with Gasteiger partial charge in [0.05, 0.1) is 27.4 Å². The lowest BCUT2D eigenvalue weighted by Crippen LogP contribution is -2.53. The molecule has 0 saturated carbocycles. The monoisotopic (exact) mass is 728 g/mol. The van der Waals surface area contributed by atoms with Gasteiger partial charge in [-0.05, 0) is 64.7 Å². The molecule has 0 unspecified atom stereocenters. The molecule has 5 rings (SSSR count). The highest BCUT2D eigenvalue weighted by Crippen LogP contribution is 2.44. The van der Waals surface area contributed by atoms with Crippen LogP contribution in [0.3, 0.4) is 0 Å². The number of aliphatic imine (C=N–C) groups is 1. The van der Waals surface area contributed by atoms with Crippen molar-refractivity contribution in [1.29, 1.82) is 0 Å². The zero-order valence-electron chi connectivity index (χ0n) is 27.1. The van der Waals surface area contributed by atoms with Crippen molar-refractivity contribution in [3.8, 4) is 17.2 Å². The number of carbonyl (C=O) groups is 1. The number of hydrogen-bond donors (Lipinski definition) is 3. The lowest BCUT2D eigenvalue weighted by Gasteiger charge is -2.32. The van der Waals surface area contributed by atoms with Crippen molar-refractivity contribution in [3.63, 3.8) is 0 Å². The maximum atomic E-state index is 14.6. The van der Waals surface area contributed by atoms with Gasteiger partial charge >= 0.3 is 0 Å². The molecule has 0 aromatic heterocycles. The van der Waals surface area contributed by atoms with E-state index in [1.807, 2.05) is 72.8 Å². The van der Waals surface area contributed by atoms with Crippen LogP contribution in [0, 0.1) is 0 Å². The number of hydrogen-bond acceptors (Lipinski definition) is 9. The van der Waals surface area contributed by atoms with Gasteiger partial charge in [-0.1, -0.05) is 63.5 Å². The van der Waals surface area contributed by atoms with Crippen LogP contribution >= 0.6 is 15.9 Å². The molecule has 1 amide bonds. The third kappa shape index (κ3) is 8.51. The molecular formula is C36H37BrN6O6. The van der Waals surface area contributed by atoms with E-state index in [1.54, 1.807) is 32.4 Å². The van der Waals surface area contributed by atoms with Crippen LogP contribution in [-0.2, 0) is 29.0 Å². The lowest BCUT2D eigenvalue weighted by atomic mass is 9.81. The third-order valence-corrected chi connectivity index (χ3v) is 8.56. The second-order valence-electron chi connectivity index (χ2n) is 11.2. The number of hydrazine groups is 1. The number of azide groups is 1. The lowest BCUT2D eigenvalue weighted by molar-refractivity contribution is -0.130.